The molecule has 0 aliphatic heterocycles. The van der Waals surface area contributed by atoms with Crippen LogP contribution in [0.2, 0.25) is 0 Å². The van der Waals surface area contributed by atoms with Gasteiger partial charge in [0.25, 0.3) is 0 Å². The van der Waals surface area contributed by atoms with Gasteiger partial charge >= 0.3 is 10.4 Å². The van der Waals surface area contributed by atoms with E-state index in [2.05, 4.69) is 11.1 Å². The molecule has 0 bridgehead atoms. The number of aryl methyl sites for hydroxylation is 1. The lowest BCUT2D eigenvalue weighted by molar-refractivity contribution is -0.0226. The fourth-order valence-corrected chi connectivity index (χ4v) is 6.05. The normalized spacial score (nSPS) is 38.1. The van der Waals surface area contributed by atoms with Crippen molar-refractivity contribution >= 4 is 10.4 Å². The van der Waals surface area contributed by atoms with Gasteiger partial charge in [0.15, 0.2) is 0 Å². The van der Waals surface area contributed by atoms with Crippen LogP contribution in [0.25, 0.3) is 0 Å². The van der Waals surface area contributed by atoms with Crippen LogP contribution < -0.4 is 4.18 Å². The van der Waals surface area contributed by atoms with E-state index in [9.17, 15) is 13.5 Å². The molecule has 132 valence electrons. The summed E-state index contributed by atoms with van der Waals surface area (Å²) in [5.41, 5.74) is 2.48. The van der Waals surface area contributed by atoms with E-state index in [0.29, 0.717) is 17.8 Å². The number of rotatable bonds is 2. The van der Waals surface area contributed by atoms with Crippen LogP contribution in [0.3, 0.4) is 0 Å². The maximum absolute atomic E-state index is 10.9. The lowest BCUT2D eigenvalue weighted by Crippen LogP contribution is -2.43. The first-order valence-electron chi connectivity index (χ1n) is 8.76. The first-order valence-corrected chi connectivity index (χ1v) is 10.1. The van der Waals surface area contributed by atoms with E-state index in [4.69, 9.17) is 4.55 Å². The average molecular weight is 352 g/mol. The molecular weight excluding hydrogens is 328 g/mol. The predicted octanol–water partition coefficient (Wildman–Crippen LogP) is 3.09. The van der Waals surface area contributed by atoms with Crippen LogP contribution >= 0.6 is 0 Å². The summed E-state index contributed by atoms with van der Waals surface area (Å²) in [6.45, 7) is 2.25. The monoisotopic (exact) mass is 352 g/mol. The molecule has 2 fully saturated rings. The molecule has 1 aromatic carbocycles. The molecule has 0 spiro atoms. The zero-order valence-electron chi connectivity index (χ0n) is 13.8. The molecule has 2 saturated carbocycles. The van der Waals surface area contributed by atoms with Gasteiger partial charge < -0.3 is 9.29 Å². The second-order valence-corrected chi connectivity index (χ2v) is 8.95. The van der Waals surface area contributed by atoms with Gasteiger partial charge in [-0.1, -0.05) is 13.0 Å². The van der Waals surface area contributed by atoms with Crippen LogP contribution in [0.15, 0.2) is 18.2 Å². The molecule has 4 rings (SSSR count). The van der Waals surface area contributed by atoms with Gasteiger partial charge in [0, 0.05) is 0 Å². The van der Waals surface area contributed by atoms with E-state index < -0.39 is 10.4 Å². The zero-order chi connectivity index (χ0) is 17.1. The molecule has 0 radical (unpaired) electrons. The van der Waals surface area contributed by atoms with Gasteiger partial charge in [-0.3, -0.25) is 4.55 Å². The Morgan fingerprint density at radius 2 is 2.00 bits per heavy atom. The van der Waals surface area contributed by atoms with Gasteiger partial charge in [-0.15, -0.1) is 0 Å². The minimum atomic E-state index is -4.48. The molecular formula is C18H24O5S. The summed E-state index contributed by atoms with van der Waals surface area (Å²) in [6, 6.07) is 5.34. The lowest BCUT2D eigenvalue weighted by Gasteiger charge is -2.50. The van der Waals surface area contributed by atoms with E-state index in [1.54, 1.807) is 12.1 Å². The van der Waals surface area contributed by atoms with Crippen molar-refractivity contribution < 1.29 is 22.3 Å². The van der Waals surface area contributed by atoms with Gasteiger partial charge in [-0.25, -0.2) is 0 Å². The molecule has 2 N–H and O–H groups in total. The molecule has 0 heterocycles. The quantitative estimate of drug-likeness (QED) is 0.799. The molecule has 0 aromatic heterocycles. The summed E-state index contributed by atoms with van der Waals surface area (Å²) < 4.78 is 35.2. The Bertz CT molecular complexity index is 759. The molecule has 5 atom stereocenters. The predicted molar refractivity (Wildman–Crippen MR) is 89.2 cm³/mol. The summed E-state index contributed by atoms with van der Waals surface area (Å²) in [7, 11) is -4.48. The largest absolute Gasteiger partial charge is 0.446 e. The SMILES string of the molecule is CC12CCC3c4ccc(OS(=O)(=O)O)cc4CCC3C1CC[C@H]2O. The Kier molecular flexibility index (Phi) is 3.71. The highest BCUT2D eigenvalue weighted by Gasteiger charge is 2.54. The summed E-state index contributed by atoms with van der Waals surface area (Å²) in [4.78, 5) is 0. The number of benzene rings is 1. The summed E-state index contributed by atoms with van der Waals surface area (Å²) >= 11 is 0. The highest BCUT2D eigenvalue weighted by molar-refractivity contribution is 7.81. The van der Waals surface area contributed by atoms with Crippen LogP contribution in [0.4, 0.5) is 0 Å². The third kappa shape index (κ3) is 2.55. The first-order chi connectivity index (χ1) is 11.3. The van der Waals surface area contributed by atoms with E-state index in [0.717, 1.165) is 44.1 Å². The standard InChI is InChI=1S/C18H24O5S/c1-18-9-8-14-13-5-3-12(23-24(20,21)22)10-11(13)2-4-15(14)16(18)6-7-17(18)19/h3,5,10,14-17,19H,2,4,6-9H2,1H3,(H,20,21,22)/t14?,15?,16?,17-,18?/m1/s1. The van der Waals surface area contributed by atoms with Crippen molar-refractivity contribution in [2.24, 2.45) is 17.3 Å². The molecule has 1 aromatic rings. The Hall–Kier alpha value is -1.11. The summed E-state index contributed by atoms with van der Waals surface area (Å²) in [5.74, 6) is 1.83. The molecule has 0 saturated heterocycles. The molecule has 6 heteroatoms. The minimum Gasteiger partial charge on any atom is -0.393 e. The smallest absolute Gasteiger partial charge is 0.393 e. The van der Waals surface area contributed by atoms with Crippen molar-refractivity contribution in [2.75, 3.05) is 0 Å². The third-order valence-electron chi connectivity index (χ3n) is 6.85. The number of aliphatic hydroxyl groups excluding tert-OH is 1. The molecule has 3 aliphatic carbocycles. The molecule has 5 nitrogen and oxygen atoms in total. The Balaban J connectivity index is 1.63. The maximum Gasteiger partial charge on any atom is 0.446 e. The third-order valence-corrected chi connectivity index (χ3v) is 7.25. The lowest BCUT2D eigenvalue weighted by atomic mass is 9.55. The summed E-state index contributed by atoms with van der Waals surface area (Å²) in [5, 5.41) is 10.4. The van der Waals surface area contributed by atoms with Crippen molar-refractivity contribution in [3.8, 4) is 5.75 Å². The number of fused-ring (bicyclic) bond motifs is 5. The molecule has 4 unspecified atom stereocenters. The highest BCUT2D eigenvalue weighted by Crippen LogP contribution is 2.60. The van der Waals surface area contributed by atoms with E-state index in [1.165, 1.54) is 5.56 Å². The Morgan fingerprint density at radius 1 is 1.21 bits per heavy atom. The first kappa shape index (κ1) is 16.4. The van der Waals surface area contributed by atoms with Crippen LogP contribution in [-0.2, 0) is 16.8 Å². The van der Waals surface area contributed by atoms with Gasteiger partial charge in [0.05, 0.1) is 6.10 Å². The van der Waals surface area contributed by atoms with Crippen LogP contribution in [0.1, 0.15) is 56.1 Å². The van der Waals surface area contributed by atoms with Crippen molar-refractivity contribution in [1.82, 2.24) is 0 Å². The molecule has 24 heavy (non-hydrogen) atoms. The number of hydrogen-bond acceptors (Lipinski definition) is 4. The zero-order valence-corrected chi connectivity index (χ0v) is 14.6. The second-order valence-electron chi connectivity index (χ2n) is 7.92. The van der Waals surface area contributed by atoms with E-state index in [-0.39, 0.29) is 17.3 Å². The molecule has 0 amide bonds. The van der Waals surface area contributed by atoms with Gasteiger partial charge in [0.1, 0.15) is 5.75 Å². The molecule has 3 aliphatic rings. The number of aliphatic hydroxyl groups is 1. The van der Waals surface area contributed by atoms with Crippen molar-refractivity contribution in [3.63, 3.8) is 0 Å². The van der Waals surface area contributed by atoms with Gasteiger partial charge in [-0.05, 0) is 85.0 Å². The van der Waals surface area contributed by atoms with E-state index in [1.807, 2.05) is 6.07 Å². The van der Waals surface area contributed by atoms with Crippen molar-refractivity contribution in [2.45, 2.75) is 57.5 Å². The maximum atomic E-state index is 10.9. The topological polar surface area (TPSA) is 83.8 Å². The Labute approximate surface area is 143 Å². The second kappa shape index (κ2) is 5.44. The Morgan fingerprint density at radius 3 is 2.75 bits per heavy atom. The van der Waals surface area contributed by atoms with Gasteiger partial charge in [-0.2, -0.15) is 8.42 Å². The van der Waals surface area contributed by atoms with Crippen LogP contribution in [0.5, 0.6) is 5.75 Å². The van der Waals surface area contributed by atoms with E-state index >= 15 is 0 Å². The summed E-state index contributed by atoms with van der Waals surface area (Å²) in [6.07, 6.45) is 5.93. The van der Waals surface area contributed by atoms with Gasteiger partial charge in [0.2, 0.25) is 0 Å². The van der Waals surface area contributed by atoms with Crippen molar-refractivity contribution in [3.05, 3.63) is 29.3 Å². The fraction of sp³-hybridized carbons (Fsp3) is 0.667. The van der Waals surface area contributed by atoms with Crippen molar-refractivity contribution in [1.29, 1.82) is 0 Å². The minimum absolute atomic E-state index is 0.0622. The van der Waals surface area contributed by atoms with Crippen LogP contribution in [0, 0.1) is 17.3 Å². The highest BCUT2D eigenvalue weighted by atomic mass is 32.3. The number of hydrogen-bond donors (Lipinski definition) is 2. The average Bonchev–Trinajstić information content (AvgIpc) is 2.81. The van der Waals surface area contributed by atoms with Crippen LogP contribution in [-0.4, -0.2) is 24.2 Å². The fourth-order valence-electron chi connectivity index (χ4n) is 5.70.